The molecule has 17 heavy (non-hydrogen) atoms. The highest BCUT2D eigenvalue weighted by Gasteiger charge is 2.19. The molecular formula is C13H29NO2S. The fourth-order valence-electron chi connectivity index (χ4n) is 1.87. The van der Waals surface area contributed by atoms with Crippen LogP contribution in [0.1, 0.15) is 46.5 Å². The summed E-state index contributed by atoms with van der Waals surface area (Å²) in [4.78, 5) is 0. The number of rotatable bonds is 11. The zero-order valence-electron chi connectivity index (χ0n) is 11.5. The van der Waals surface area contributed by atoms with E-state index >= 15 is 0 Å². The van der Waals surface area contributed by atoms with Crippen LogP contribution in [0.4, 0.5) is 0 Å². The molecule has 0 aromatic carbocycles. The molecule has 0 aromatic rings. The number of thioether (sulfide) groups is 1. The van der Waals surface area contributed by atoms with Crippen LogP contribution in [0.2, 0.25) is 0 Å². The van der Waals surface area contributed by atoms with Gasteiger partial charge in [0.1, 0.15) is 0 Å². The Balaban J connectivity index is 4.13. The molecule has 3 atom stereocenters. The first kappa shape index (κ1) is 17.2. The molecule has 0 bridgehead atoms. The van der Waals surface area contributed by atoms with Gasteiger partial charge in [-0.15, -0.1) is 0 Å². The van der Waals surface area contributed by atoms with Gasteiger partial charge in [0, 0.05) is 17.0 Å². The Labute approximate surface area is 110 Å². The van der Waals surface area contributed by atoms with Crippen molar-refractivity contribution in [2.75, 3.05) is 18.9 Å². The van der Waals surface area contributed by atoms with E-state index in [0.717, 1.165) is 19.4 Å². The van der Waals surface area contributed by atoms with Crippen LogP contribution >= 0.6 is 11.8 Å². The molecule has 3 unspecified atom stereocenters. The first-order valence-electron chi connectivity index (χ1n) is 6.83. The number of aliphatic hydroxyl groups excluding tert-OH is 2. The van der Waals surface area contributed by atoms with Crippen molar-refractivity contribution >= 4 is 11.8 Å². The van der Waals surface area contributed by atoms with E-state index in [1.807, 2.05) is 0 Å². The molecule has 0 heterocycles. The molecule has 3 N–H and O–H groups in total. The maximum atomic E-state index is 9.40. The minimum absolute atomic E-state index is 0.135. The van der Waals surface area contributed by atoms with Gasteiger partial charge >= 0.3 is 0 Å². The topological polar surface area (TPSA) is 52.5 Å². The van der Waals surface area contributed by atoms with E-state index in [1.54, 1.807) is 11.8 Å². The van der Waals surface area contributed by atoms with Crippen molar-refractivity contribution < 1.29 is 10.2 Å². The Kier molecular flexibility index (Phi) is 11.5. The van der Waals surface area contributed by atoms with Crippen LogP contribution in [0.3, 0.4) is 0 Å². The van der Waals surface area contributed by atoms with Crippen molar-refractivity contribution in [1.29, 1.82) is 0 Å². The quantitative estimate of drug-likeness (QED) is 0.534. The summed E-state index contributed by atoms with van der Waals surface area (Å²) in [5, 5.41) is 22.4. The lowest BCUT2D eigenvalue weighted by atomic mass is 10.1. The average Bonchev–Trinajstić information content (AvgIpc) is 2.35. The largest absolute Gasteiger partial charge is 0.394 e. The van der Waals surface area contributed by atoms with Gasteiger partial charge in [-0.2, -0.15) is 11.8 Å². The zero-order chi connectivity index (χ0) is 13.1. The third kappa shape index (κ3) is 8.03. The zero-order valence-corrected chi connectivity index (χ0v) is 12.3. The summed E-state index contributed by atoms with van der Waals surface area (Å²) in [6, 6.07) is 0.529. The minimum atomic E-state index is -0.581. The van der Waals surface area contributed by atoms with Gasteiger partial charge in [0.25, 0.3) is 0 Å². The maximum Gasteiger partial charge on any atom is 0.0861 e. The lowest BCUT2D eigenvalue weighted by Gasteiger charge is -2.27. The minimum Gasteiger partial charge on any atom is -0.394 e. The summed E-state index contributed by atoms with van der Waals surface area (Å²) in [6.45, 7) is 7.51. The highest BCUT2D eigenvalue weighted by molar-refractivity contribution is 8.00. The molecular weight excluding hydrogens is 234 g/mol. The molecule has 0 aliphatic carbocycles. The first-order chi connectivity index (χ1) is 8.19. The van der Waals surface area contributed by atoms with Crippen molar-refractivity contribution in [1.82, 2.24) is 5.32 Å². The monoisotopic (exact) mass is 263 g/mol. The van der Waals surface area contributed by atoms with Crippen LogP contribution in [0.15, 0.2) is 0 Å². The standard InChI is InChI=1S/C13H29NO2S/c1-4-7-12(14-8-5-2)13(6-3)17-10-11(16)9-15/h11-16H,4-10H2,1-3H3. The Bertz CT molecular complexity index is 169. The van der Waals surface area contributed by atoms with Gasteiger partial charge in [-0.05, 0) is 25.8 Å². The summed E-state index contributed by atoms with van der Waals surface area (Å²) in [6.07, 6.45) is 4.04. The molecule has 0 radical (unpaired) electrons. The molecule has 4 heteroatoms. The summed E-state index contributed by atoms with van der Waals surface area (Å²) in [5.41, 5.74) is 0. The van der Waals surface area contributed by atoms with Crippen LogP contribution in [0, 0.1) is 0 Å². The molecule has 0 saturated carbocycles. The number of nitrogens with one attached hydrogen (secondary N) is 1. The van der Waals surface area contributed by atoms with Crippen LogP contribution in [0.25, 0.3) is 0 Å². The van der Waals surface area contributed by atoms with Crippen LogP contribution in [-0.4, -0.2) is 46.5 Å². The summed E-state index contributed by atoms with van der Waals surface area (Å²) in [7, 11) is 0. The lowest BCUT2D eigenvalue weighted by Crippen LogP contribution is -2.39. The number of hydrogen-bond donors (Lipinski definition) is 3. The molecule has 0 spiro atoms. The predicted octanol–water partition coefficient (Wildman–Crippen LogP) is 2.02. The first-order valence-corrected chi connectivity index (χ1v) is 7.88. The highest BCUT2D eigenvalue weighted by atomic mass is 32.2. The summed E-state index contributed by atoms with van der Waals surface area (Å²) < 4.78 is 0. The SMILES string of the molecule is CCCNC(CCC)C(CC)SCC(O)CO. The van der Waals surface area contributed by atoms with Gasteiger partial charge < -0.3 is 15.5 Å². The molecule has 0 fully saturated rings. The fraction of sp³-hybridized carbons (Fsp3) is 1.00. The molecule has 0 amide bonds. The Morgan fingerprint density at radius 3 is 2.35 bits per heavy atom. The molecule has 104 valence electrons. The van der Waals surface area contributed by atoms with E-state index in [0.29, 0.717) is 17.0 Å². The van der Waals surface area contributed by atoms with E-state index in [9.17, 15) is 5.11 Å². The van der Waals surface area contributed by atoms with Crippen molar-refractivity contribution in [2.45, 2.75) is 63.9 Å². The van der Waals surface area contributed by atoms with Gasteiger partial charge in [-0.3, -0.25) is 0 Å². The van der Waals surface area contributed by atoms with E-state index in [-0.39, 0.29) is 6.61 Å². The van der Waals surface area contributed by atoms with E-state index in [1.165, 1.54) is 12.8 Å². The van der Waals surface area contributed by atoms with Gasteiger partial charge in [-0.1, -0.05) is 27.2 Å². The number of hydrogen-bond acceptors (Lipinski definition) is 4. The third-order valence-electron chi connectivity index (χ3n) is 2.82. The summed E-state index contributed by atoms with van der Waals surface area (Å²) in [5.74, 6) is 0.628. The van der Waals surface area contributed by atoms with E-state index in [4.69, 9.17) is 5.11 Å². The molecule has 0 aromatic heterocycles. The molecule has 3 nitrogen and oxygen atoms in total. The maximum absolute atomic E-state index is 9.40. The van der Waals surface area contributed by atoms with Crippen molar-refractivity contribution in [3.8, 4) is 0 Å². The lowest BCUT2D eigenvalue weighted by molar-refractivity contribution is 0.113. The molecule has 0 aliphatic rings. The summed E-state index contributed by atoms with van der Waals surface area (Å²) >= 11 is 1.78. The van der Waals surface area contributed by atoms with Crippen molar-refractivity contribution in [3.05, 3.63) is 0 Å². The highest BCUT2D eigenvalue weighted by Crippen LogP contribution is 2.22. The second-order valence-corrected chi connectivity index (χ2v) is 5.74. The smallest absolute Gasteiger partial charge is 0.0861 e. The van der Waals surface area contributed by atoms with Crippen LogP contribution in [-0.2, 0) is 0 Å². The van der Waals surface area contributed by atoms with Crippen LogP contribution in [0.5, 0.6) is 0 Å². The van der Waals surface area contributed by atoms with Crippen LogP contribution < -0.4 is 5.32 Å². The van der Waals surface area contributed by atoms with E-state index in [2.05, 4.69) is 26.1 Å². The Morgan fingerprint density at radius 2 is 1.88 bits per heavy atom. The van der Waals surface area contributed by atoms with Gasteiger partial charge in [0.2, 0.25) is 0 Å². The molecule has 0 rings (SSSR count). The predicted molar refractivity (Wildman–Crippen MR) is 76.6 cm³/mol. The molecule has 0 saturated heterocycles. The van der Waals surface area contributed by atoms with Crippen molar-refractivity contribution in [2.24, 2.45) is 0 Å². The van der Waals surface area contributed by atoms with Crippen molar-refractivity contribution in [3.63, 3.8) is 0 Å². The molecule has 0 aliphatic heterocycles. The third-order valence-corrected chi connectivity index (χ3v) is 4.49. The normalized spacial score (nSPS) is 16.8. The second-order valence-electron chi connectivity index (χ2n) is 4.47. The van der Waals surface area contributed by atoms with Gasteiger partial charge in [-0.25, -0.2) is 0 Å². The Hall–Kier alpha value is 0.230. The van der Waals surface area contributed by atoms with Gasteiger partial charge in [0.15, 0.2) is 0 Å². The average molecular weight is 263 g/mol. The Morgan fingerprint density at radius 1 is 1.18 bits per heavy atom. The number of aliphatic hydroxyl groups is 2. The second kappa shape index (κ2) is 11.3. The van der Waals surface area contributed by atoms with E-state index < -0.39 is 6.10 Å². The fourth-order valence-corrected chi connectivity index (χ4v) is 3.14. The van der Waals surface area contributed by atoms with Gasteiger partial charge in [0.05, 0.1) is 12.7 Å².